The van der Waals surface area contributed by atoms with Crippen LogP contribution in [-0.2, 0) is 16.4 Å². The quantitative estimate of drug-likeness (QED) is 0.318. The van der Waals surface area contributed by atoms with Crippen molar-refractivity contribution in [3.8, 4) is 0 Å². The van der Waals surface area contributed by atoms with Crippen LogP contribution in [-0.4, -0.2) is 19.2 Å². The molecule has 0 atom stereocenters. The van der Waals surface area contributed by atoms with Crippen molar-refractivity contribution in [1.29, 1.82) is 0 Å². The smallest absolute Gasteiger partial charge is 0.262 e. The highest BCUT2D eigenvalue weighted by atomic mass is 35.5. The Morgan fingerprint density at radius 2 is 1.53 bits per heavy atom. The highest BCUT2D eigenvalue weighted by molar-refractivity contribution is 7.92. The number of sulfonamides is 1. The van der Waals surface area contributed by atoms with Crippen molar-refractivity contribution < 1.29 is 13.2 Å². The molecule has 0 radical (unpaired) electrons. The molecule has 0 amide bonds. The summed E-state index contributed by atoms with van der Waals surface area (Å²) >= 11 is 11.9. The van der Waals surface area contributed by atoms with E-state index in [4.69, 9.17) is 23.2 Å². The number of rotatable bonds is 7. The Kier molecular flexibility index (Phi) is 6.46. The van der Waals surface area contributed by atoms with Crippen molar-refractivity contribution in [2.24, 2.45) is 0 Å². The Hall–Kier alpha value is -2.93. The number of ketones is 1. The van der Waals surface area contributed by atoms with Gasteiger partial charge in [0.25, 0.3) is 10.0 Å². The summed E-state index contributed by atoms with van der Waals surface area (Å²) in [5.41, 5.74) is 1.94. The lowest BCUT2D eigenvalue weighted by molar-refractivity contribution is 0.0984. The Bertz CT molecular complexity index is 1390. The average Bonchev–Trinajstić information content (AvgIpc) is 2.77. The van der Waals surface area contributed by atoms with E-state index in [0.29, 0.717) is 34.9 Å². The van der Waals surface area contributed by atoms with Crippen LogP contribution in [0, 0.1) is 0 Å². The van der Waals surface area contributed by atoms with Crippen molar-refractivity contribution in [3.05, 3.63) is 100 Å². The van der Waals surface area contributed by atoms with E-state index in [9.17, 15) is 13.2 Å². The van der Waals surface area contributed by atoms with Crippen LogP contribution < -0.4 is 4.72 Å². The van der Waals surface area contributed by atoms with Gasteiger partial charge >= 0.3 is 0 Å². The summed E-state index contributed by atoms with van der Waals surface area (Å²) in [4.78, 5) is 16.9. The van der Waals surface area contributed by atoms with Crippen LogP contribution in [0.25, 0.3) is 10.8 Å². The minimum atomic E-state index is -3.94. The van der Waals surface area contributed by atoms with E-state index in [0.717, 1.165) is 5.56 Å². The number of halogens is 2. The van der Waals surface area contributed by atoms with Gasteiger partial charge in [0.2, 0.25) is 0 Å². The fourth-order valence-corrected chi connectivity index (χ4v) is 5.28. The largest absolute Gasteiger partial charge is 0.294 e. The molecule has 4 aromatic rings. The third-order valence-electron chi connectivity index (χ3n) is 5.00. The predicted molar refractivity (Wildman–Crippen MR) is 128 cm³/mol. The van der Waals surface area contributed by atoms with Gasteiger partial charge in [0, 0.05) is 39.8 Å². The average molecular weight is 485 g/mol. The normalized spacial score (nSPS) is 11.4. The molecule has 4 rings (SSSR count). The number of anilines is 1. The third-order valence-corrected chi connectivity index (χ3v) is 6.78. The second-order valence-electron chi connectivity index (χ2n) is 7.20. The number of benzene rings is 3. The number of aromatic nitrogens is 1. The third kappa shape index (κ3) is 4.93. The summed E-state index contributed by atoms with van der Waals surface area (Å²) in [5, 5.41) is 1.74. The van der Waals surface area contributed by atoms with Crippen LogP contribution in [0.5, 0.6) is 0 Å². The fraction of sp³-hybridized carbons (Fsp3) is 0.0833. The number of pyridine rings is 1. The Morgan fingerprint density at radius 1 is 0.875 bits per heavy atom. The summed E-state index contributed by atoms with van der Waals surface area (Å²) in [6, 6.07) is 18.3. The zero-order chi connectivity index (χ0) is 22.7. The number of hydrogen-bond donors (Lipinski definition) is 1. The monoisotopic (exact) mass is 484 g/mol. The predicted octanol–water partition coefficient (Wildman–Crippen LogP) is 6.16. The van der Waals surface area contributed by atoms with Gasteiger partial charge in [0.15, 0.2) is 5.78 Å². The summed E-state index contributed by atoms with van der Waals surface area (Å²) in [7, 11) is -3.94. The maximum absolute atomic E-state index is 12.9. The lowest BCUT2D eigenvalue weighted by atomic mass is 9.97. The summed E-state index contributed by atoms with van der Waals surface area (Å²) in [5.74, 6) is -0.0194. The molecule has 8 heteroatoms. The molecule has 0 saturated heterocycles. The Labute approximate surface area is 196 Å². The van der Waals surface area contributed by atoms with Crippen LogP contribution >= 0.6 is 23.2 Å². The molecule has 0 aliphatic carbocycles. The maximum Gasteiger partial charge on any atom is 0.262 e. The number of carbonyl (C=O) groups is 1. The number of hydrogen-bond acceptors (Lipinski definition) is 4. The number of aryl methyl sites for hydroxylation is 1. The van der Waals surface area contributed by atoms with Gasteiger partial charge in [0.05, 0.1) is 10.6 Å². The summed E-state index contributed by atoms with van der Waals surface area (Å²) < 4.78 is 28.4. The van der Waals surface area contributed by atoms with E-state index >= 15 is 0 Å². The molecule has 1 heterocycles. The van der Waals surface area contributed by atoms with E-state index in [1.807, 2.05) is 18.2 Å². The molecule has 0 fully saturated rings. The van der Waals surface area contributed by atoms with Crippen LogP contribution in [0.15, 0.2) is 84.0 Å². The van der Waals surface area contributed by atoms with Crippen molar-refractivity contribution in [1.82, 2.24) is 4.98 Å². The van der Waals surface area contributed by atoms with Crippen molar-refractivity contribution in [3.63, 3.8) is 0 Å². The van der Waals surface area contributed by atoms with Gasteiger partial charge in [-0.25, -0.2) is 8.42 Å². The molecule has 1 N–H and O–H groups in total. The van der Waals surface area contributed by atoms with Gasteiger partial charge in [-0.15, -0.1) is 0 Å². The van der Waals surface area contributed by atoms with Crippen LogP contribution in [0.2, 0.25) is 10.0 Å². The van der Waals surface area contributed by atoms with Gasteiger partial charge in [-0.1, -0.05) is 53.5 Å². The minimum absolute atomic E-state index is 0.0194. The number of carbonyl (C=O) groups excluding carboxylic acids is 1. The minimum Gasteiger partial charge on any atom is -0.294 e. The van der Waals surface area contributed by atoms with Crippen molar-refractivity contribution in [2.45, 2.75) is 17.7 Å². The van der Waals surface area contributed by atoms with Gasteiger partial charge in [-0.2, -0.15) is 0 Å². The highest BCUT2D eigenvalue weighted by Gasteiger charge is 2.18. The van der Waals surface area contributed by atoms with Crippen LogP contribution in [0.3, 0.4) is 0 Å². The second-order valence-corrected chi connectivity index (χ2v) is 9.75. The number of nitrogens with zero attached hydrogens (tertiary/aromatic N) is 1. The molecule has 0 spiro atoms. The number of fused-ring (bicyclic) bond motifs is 1. The molecule has 3 aromatic carbocycles. The Morgan fingerprint density at radius 3 is 2.25 bits per heavy atom. The molecular formula is C24H18Cl2N2O3S. The standard InChI is InChI=1S/C24H18Cl2N2O3S/c25-17-13-18(26)15-19(14-17)32(30,31)28-23-6-2-3-20-21(23)4-1-5-22(20)24(29)8-7-16-9-11-27-12-10-16/h1-6,9-15,28H,7-8H2. The van der Waals surface area contributed by atoms with E-state index in [1.54, 1.807) is 42.7 Å². The molecular weight excluding hydrogens is 467 g/mol. The molecule has 0 bridgehead atoms. The van der Waals surface area contributed by atoms with Crippen LogP contribution in [0.4, 0.5) is 5.69 Å². The van der Waals surface area contributed by atoms with Crippen LogP contribution in [0.1, 0.15) is 22.3 Å². The van der Waals surface area contributed by atoms with E-state index in [1.165, 1.54) is 18.2 Å². The Balaban J connectivity index is 1.65. The van der Waals surface area contributed by atoms with Gasteiger partial charge in [-0.05, 0) is 53.8 Å². The first-order valence-corrected chi connectivity index (χ1v) is 12.0. The first-order valence-electron chi connectivity index (χ1n) is 9.76. The fourth-order valence-electron chi connectivity index (χ4n) is 3.47. The van der Waals surface area contributed by atoms with E-state index < -0.39 is 10.0 Å². The lowest BCUT2D eigenvalue weighted by Gasteiger charge is -2.13. The zero-order valence-corrected chi connectivity index (χ0v) is 19.1. The molecule has 1 aromatic heterocycles. The van der Waals surface area contributed by atoms with Crippen molar-refractivity contribution in [2.75, 3.05) is 4.72 Å². The molecule has 0 aliphatic rings. The van der Waals surface area contributed by atoms with Gasteiger partial charge in [-0.3, -0.25) is 14.5 Å². The highest BCUT2D eigenvalue weighted by Crippen LogP contribution is 2.30. The topological polar surface area (TPSA) is 76.1 Å². The molecule has 0 unspecified atom stereocenters. The summed E-state index contributed by atoms with van der Waals surface area (Å²) in [6.07, 6.45) is 4.33. The first-order chi connectivity index (χ1) is 15.3. The molecule has 5 nitrogen and oxygen atoms in total. The molecule has 0 aliphatic heterocycles. The molecule has 32 heavy (non-hydrogen) atoms. The maximum atomic E-state index is 12.9. The zero-order valence-electron chi connectivity index (χ0n) is 16.8. The first kappa shape index (κ1) is 22.3. The molecule has 0 saturated carbocycles. The van der Waals surface area contributed by atoms with E-state index in [-0.39, 0.29) is 20.7 Å². The number of Topliss-reactive ketones (excluding diaryl/α,β-unsaturated/α-hetero) is 1. The lowest BCUT2D eigenvalue weighted by Crippen LogP contribution is -2.13. The number of nitrogens with one attached hydrogen (secondary N) is 1. The van der Waals surface area contributed by atoms with E-state index in [2.05, 4.69) is 9.71 Å². The second kappa shape index (κ2) is 9.28. The SMILES string of the molecule is O=C(CCc1ccncc1)c1cccc2c(NS(=O)(=O)c3cc(Cl)cc(Cl)c3)cccc12. The van der Waals surface area contributed by atoms with Gasteiger partial charge in [0.1, 0.15) is 0 Å². The molecule has 162 valence electrons. The summed E-state index contributed by atoms with van der Waals surface area (Å²) in [6.45, 7) is 0. The van der Waals surface area contributed by atoms with Crippen molar-refractivity contribution >= 4 is 55.5 Å². The van der Waals surface area contributed by atoms with Gasteiger partial charge < -0.3 is 0 Å².